The number of hydrogen-bond acceptors (Lipinski definition) is 5. The van der Waals surface area contributed by atoms with E-state index in [2.05, 4.69) is 6.92 Å². The van der Waals surface area contributed by atoms with Gasteiger partial charge in [0.2, 0.25) is 0 Å². The molecule has 0 amide bonds. The van der Waals surface area contributed by atoms with Gasteiger partial charge in [0, 0.05) is 13.7 Å². The molecule has 1 fully saturated rings. The van der Waals surface area contributed by atoms with Gasteiger partial charge in [-0.15, -0.1) is 0 Å². The van der Waals surface area contributed by atoms with Gasteiger partial charge >= 0.3 is 0 Å². The average molecular weight is 303 g/mol. The summed E-state index contributed by atoms with van der Waals surface area (Å²) in [7, 11) is 1.64. The Balaban J connectivity index is 2.28. The molecule has 21 heavy (non-hydrogen) atoms. The minimum atomic E-state index is -0.614. The number of ether oxygens (including phenoxy) is 3. The lowest BCUT2D eigenvalue weighted by Gasteiger charge is -2.39. The van der Waals surface area contributed by atoms with Crippen LogP contribution < -0.4 is 5.73 Å². The van der Waals surface area contributed by atoms with E-state index in [1.807, 2.05) is 6.92 Å². The van der Waals surface area contributed by atoms with E-state index in [9.17, 15) is 5.11 Å². The van der Waals surface area contributed by atoms with Gasteiger partial charge in [0.05, 0.1) is 31.5 Å². The van der Waals surface area contributed by atoms with E-state index in [0.29, 0.717) is 13.2 Å². The monoisotopic (exact) mass is 303 g/mol. The van der Waals surface area contributed by atoms with E-state index in [4.69, 9.17) is 19.9 Å². The number of methoxy groups -OCH3 is 1. The molecule has 126 valence electrons. The third-order valence-electron chi connectivity index (χ3n) is 4.52. The second-order valence-corrected chi connectivity index (χ2v) is 6.30. The first-order valence-electron chi connectivity index (χ1n) is 8.18. The van der Waals surface area contributed by atoms with E-state index in [0.717, 1.165) is 18.8 Å². The second kappa shape index (κ2) is 9.74. The van der Waals surface area contributed by atoms with Crippen molar-refractivity contribution in [2.24, 2.45) is 11.7 Å². The van der Waals surface area contributed by atoms with Crippen LogP contribution >= 0.6 is 0 Å². The van der Waals surface area contributed by atoms with Gasteiger partial charge in [-0.2, -0.15) is 0 Å². The summed E-state index contributed by atoms with van der Waals surface area (Å²) in [6, 6.07) is 0. The molecular weight excluding hydrogens is 270 g/mol. The van der Waals surface area contributed by atoms with Crippen LogP contribution in [-0.2, 0) is 14.2 Å². The minimum Gasteiger partial charge on any atom is -0.388 e. The maximum atomic E-state index is 9.97. The van der Waals surface area contributed by atoms with Crippen molar-refractivity contribution in [3.8, 4) is 0 Å². The van der Waals surface area contributed by atoms with Crippen LogP contribution in [0.4, 0.5) is 0 Å². The van der Waals surface area contributed by atoms with Gasteiger partial charge in [0.25, 0.3) is 0 Å². The average Bonchev–Trinajstić information content (AvgIpc) is 2.51. The summed E-state index contributed by atoms with van der Waals surface area (Å²) in [5.74, 6) is 0.802. The largest absolute Gasteiger partial charge is 0.388 e. The Morgan fingerprint density at radius 3 is 2.43 bits per heavy atom. The topological polar surface area (TPSA) is 73.9 Å². The highest BCUT2D eigenvalue weighted by atomic mass is 16.5. The van der Waals surface area contributed by atoms with Crippen LogP contribution in [0.15, 0.2) is 0 Å². The highest BCUT2D eigenvalue weighted by molar-refractivity contribution is 4.88. The van der Waals surface area contributed by atoms with Crippen LogP contribution in [0.3, 0.4) is 0 Å². The normalized spacial score (nSPS) is 29.3. The summed E-state index contributed by atoms with van der Waals surface area (Å²) in [5, 5.41) is 9.97. The smallest absolute Gasteiger partial charge is 0.101 e. The SMILES string of the molecule is CCC1CCC(CN)(OCC(O)COC(C)COC)CC1. The van der Waals surface area contributed by atoms with E-state index in [1.54, 1.807) is 7.11 Å². The van der Waals surface area contributed by atoms with Crippen LogP contribution in [0.1, 0.15) is 46.0 Å². The predicted molar refractivity (Wildman–Crippen MR) is 83.3 cm³/mol. The standard InChI is InChI=1S/C16H33NO4/c1-4-14-5-7-16(12-17,8-6-14)21-11-15(18)10-20-13(2)9-19-3/h13-15,18H,4-12,17H2,1-3H3. The van der Waals surface area contributed by atoms with Crippen LogP contribution in [0.2, 0.25) is 0 Å². The van der Waals surface area contributed by atoms with Gasteiger partial charge in [-0.25, -0.2) is 0 Å². The molecule has 0 heterocycles. The predicted octanol–water partition coefficient (Wildman–Crippen LogP) is 1.71. The van der Waals surface area contributed by atoms with Gasteiger partial charge in [-0.3, -0.25) is 0 Å². The molecule has 1 saturated carbocycles. The van der Waals surface area contributed by atoms with Gasteiger partial charge in [0.15, 0.2) is 0 Å². The van der Waals surface area contributed by atoms with Gasteiger partial charge in [-0.1, -0.05) is 13.3 Å². The van der Waals surface area contributed by atoms with Crippen molar-refractivity contribution < 1.29 is 19.3 Å². The molecule has 2 atom stereocenters. The molecule has 0 radical (unpaired) electrons. The Kier molecular flexibility index (Phi) is 8.74. The van der Waals surface area contributed by atoms with Crippen molar-refractivity contribution in [3.63, 3.8) is 0 Å². The van der Waals surface area contributed by atoms with Crippen molar-refractivity contribution in [1.29, 1.82) is 0 Å². The Labute approximate surface area is 129 Å². The van der Waals surface area contributed by atoms with Gasteiger partial charge in [0.1, 0.15) is 6.10 Å². The van der Waals surface area contributed by atoms with E-state index < -0.39 is 6.10 Å². The third kappa shape index (κ3) is 6.61. The summed E-state index contributed by atoms with van der Waals surface area (Å²) >= 11 is 0. The minimum absolute atomic E-state index is 0.0203. The van der Waals surface area contributed by atoms with Gasteiger partial charge < -0.3 is 25.1 Å². The molecule has 2 unspecified atom stereocenters. The molecular formula is C16H33NO4. The zero-order valence-corrected chi connectivity index (χ0v) is 13.8. The molecule has 0 aromatic rings. The number of nitrogens with two attached hydrogens (primary N) is 1. The number of aliphatic hydroxyl groups excluding tert-OH is 1. The first kappa shape index (κ1) is 18.8. The molecule has 1 rings (SSSR count). The van der Waals surface area contributed by atoms with E-state index >= 15 is 0 Å². The lowest BCUT2D eigenvalue weighted by molar-refractivity contribution is -0.118. The molecule has 0 aromatic carbocycles. The zero-order chi connectivity index (χ0) is 15.7. The second-order valence-electron chi connectivity index (χ2n) is 6.30. The Hall–Kier alpha value is -0.200. The molecule has 5 nitrogen and oxygen atoms in total. The molecule has 0 aromatic heterocycles. The summed E-state index contributed by atoms with van der Waals surface area (Å²) in [4.78, 5) is 0. The van der Waals surface area contributed by atoms with Crippen LogP contribution in [0.5, 0.6) is 0 Å². The summed E-state index contributed by atoms with van der Waals surface area (Å²) in [6.07, 6.45) is 4.93. The fourth-order valence-electron chi connectivity index (χ4n) is 2.90. The molecule has 0 spiro atoms. The van der Waals surface area contributed by atoms with Crippen LogP contribution in [0.25, 0.3) is 0 Å². The number of hydrogen-bond donors (Lipinski definition) is 2. The lowest BCUT2D eigenvalue weighted by atomic mass is 9.77. The van der Waals surface area contributed by atoms with Gasteiger partial charge in [-0.05, 0) is 38.5 Å². The summed E-state index contributed by atoms with van der Waals surface area (Å²) < 4.78 is 16.5. The van der Waals surface area contributed by atoms with Crippen molar-refractivity contribution in [1.82, 2.24) is 0 Å². The highest BCUT2D eigenvalue weighted by Crippen LogP contribution is 2.35. The fourth-order valence-corrected chi connectivity index (χ4v) is 2.90. The van der Waals surface area contributed by atoms with E-state index in [-0.39, 0.29) is 24.9 Å². The first-order valence-corrected chi connectivity index (χ1v) is 8.18. The summed E-state index contributed by atoms with van der Waals surface area (Å²) in [5.41, 5.74) is 5.67. The van der Waals surface area contributed by atoms with Crippen molar-refractivity contribution >= 4 is 0 Å². The summed E-state index contributed by atoms with van der Waals surface area (Å²) in [6.45, 7) is 5.76. The number of aliphatic hydroxyl groups is 1. The Bertz CT molecular complexity index is 267. The fraction of sp³-hybridized carbons (Fsp3) is 1.00. The van der Waals surface area contributed by atoms with Crippen LogP contribution in [0, 0.1) is 5.92 Å². The maximum absolute atomic E-state index is 9.97. The maximum Gasteiger partial charge on any atom is 0.101 e. The molecule has 1 aliphatic rings. The molecule has 0 bridgehead atoms. The Morgan fingerprint density at radius 1 is 1.24 bits per heavy atom. The zero-order valence-electron chi connectivity index (χ0n) is 13.8. The highest BCUT2D eigenvalue weighted by Gasteiger charge is 2.35. The molecule has 0 saturated heterocycles. The number of rotatable bonds is 10. The molecule has 0 aliphatic heterocycles. The first-order chi connectivity index (χ1) is 10.0. The lowest BCUT2D eigenvalue weighted by Crippen LogP contribution is -2.45. The molecule has 3 N–H and O–H groups in total. The van der Waals surface area contributed by atoms with Crippen molar-refractivity contribution in [3.05, 3.63) is 0 Å². The quantitative estimate of drug-likeness (QED) is 0.643. The Morgan fingerprint density at radius 2 is 1.90 bits per heavy atom. The van der Waals surface area contributed by atoms with Crippen molar-refractivity contribution in [2.45, 2.75) is 63.8 Å². The van der Waals surface area contributed by atoms with Crippen LogP contribution in [-0.4, -0.2) is 56.4 Å². The third-order valence-corrected chi connectivity index (χ3v) is 4.52. The molecule has 1 aliphatic carbocycles. The van der Waals surface area contributed by atoms with E-state index in [1.165, 1.54) is 19.3 Å². The molecule has 5 heteroatoms. The van der Waals surface area contributed by atoms with Crippen molar-refractivity contribution in [2.75, 3.05) is 33.5 Å².